The summed E-state index contributed by atoms with van der Waals surface area (Å²) in [6, 6.07) is 15.4. The lowest BCUT2D eigenvalue weighted by Crippen LogP contribution is -2.58. The van der Waals surface area contributed by atoms with Crippen LogP contribution in [-0.2, 0) is 5.41 Å². The second-order valence-electron chi connectivity index (χ2n) is 7.81. The fourth-order valence-electron chi connectivity index (χ4n) is 3.51. The third-order valence-electron chi connectivity index (χ3n) is 5.03. The van der Waals surface area contributed by atoms with E-state index < -0.39 is 10.2 Å². The van der Waals surface area contributed by atoms with Gasteiger partial charge in [0, 0.05) is 37.5 Å². The summed E-state index contributed by atoms with van der Waals surface area (Å²) in [6.07, 6.45) is 4.48. The number of fused-ring (bicyclic) bond motifs is 1. The Morgan fingerprint density at radius 2 is 1.55 bits per heavy atom. The number of rotatable bonds is 3. The molecule has 0 bridgehead atoms. The average Bonchev–Trinajstić information content (AvgIpc) is 2.78. The molecule has 1 N–H and O–H groups in total. The number of nitrogens with zero attached hydrogens (tertiary/aromatic N) is 2. The maximum atomic E-state index is 8.60. The minimum Gasteiger partial charge on any atom is -0.378 e. The van der Waals surface area contributed by atoms with Crippen molar-refractivity contribution >= 4 is 23.2 Å². The molecule has 6 nitrogen and oxygen atoms in total. The van der Waals surface area contributed by atoms with Gasteiger partial charge in [-0.2, -0.15) is 18.6 Å². The van der Waals surface area contributed by atoms with Gasteiger partial charge in [0.15, 0.2) is 5.71 Å². The number of allylic oxidation sites excluding steroid dienone is 1. The second-order valence-corrected chi connectivity index (χ2v) is 8.60. The highest BCUT2D eigenvalue weighted by Crippen LogP contribution is 2.39. The van der Waals surface area contributed by atoms with E-state index in [2.05, 4.69) is 106 Å². The fraction of sp³-hybridized carbons (Fsp3) is 0.318. The van der Waals surface area contributed by atoms with Crippen LogP contribution in [-0.4, -0.2) is 36.1 Å². The van der Waals surface area contributed by atoms with Crippen LogP contribution in [0.2, 0.25) is 0 Å². The van der Waals surface area contributed by atoms with E-state index in [1.807, 2.05) is 0 Å². The summed E-state index contributed by atoms with van der Waals surface area (Å²) in [5, 5.41) is 0. The molecule has 1 aliphatic heterocycles. The molecule has 0 saturated carbocycles. The first kappa shape index (κ1) is 23.1. The van der Waals surface area contributed by atoms with E-state index in [1.54, 1.807) is 0 Å². The zero-order valence-electron chi connectivity index (χ0n) is 17.6. The lowest BCUT2D eigenvalue weighted by molar-refractivity contribution is -1.92. The predicted molar refractivity (Wildman–Crippen MR) is 107 cm³/mol. The van der Waals surface area contributed by atoms with Crippen molar-refractivity contribution in [2.75, 3.05) is 26.0 Å². The minimum absolute atomic E-state index is 0.0240. The third kappa shape index (κ3) is 5.88. The lowest BCUT2D eigenvalue weighted by atomic mass is 9.81. The molecule has 2 aromatic rings. The Bertz CT molecular complexity index is 921. The van der Waals surface area contributed by atoms with E-state index in [1.165, 1.54) is 33.8 Å². The van der Waals surface area contributed by atoms with Gasteiger partial charge in [-0.1, -0.05) is 23.8 Å². The minimum atomic E-state index is -4.69. The van der Waals surface area contributed by atoms with Crippen LogP contribution >= 0.6 is 0 Å². The molecule has 0 amide bonds. The van der Waals surface area contributed by atoms with Crippen LogP contribution in [0.5, 0.6) is 0 Å². The molecule has 0 fully saturated rings. The topological polar surface area (TPSA) is 95.7 Å². The molecule has 3 rings (SSSR count). The van der Waals surface area contributed by atoms with E-state index in [0.29, 0.717) is 0 Å². The van der Waals surface area contributed by atoms with Gasteiger partial charge in [-0.15, -0.1) is 0 Å². The van der Waals surface area contributed by atoms with Gasteiger partial charge in [0.25, 0.3) is 0 Å². The molecular formula is C22H28ClN2O4+. The Balaban J connectivity index is 0.000000537. The van der Waals surface area contributed by atoms with Crippen molar-refractivity contribution in [3.05, 3.63) is 65.2 Å². The quantitative estimate of drug-likeness (QED) is 0.737. The normalized spacial score (nSPS) is 15.2. The molecule has 0 spiro atoms. The number of anilines is 1. The summed E-state index contributed by atoms with van der Waals surface area (Å²) < 4.78 is 35.0. The van der Waals surface area contributed by atoms with E-state index >= 15 is 0 Å². The van der Waals surface area contributed by atoms with Gasteiger partial charge in [0.05, 0.1) is 20.3 Å². The largest absolute Gasteiger partial charge is 0.378 e. The van der Waals surface area contributed by atoms with Gasteiger partial charge in [0.2, 0.25) is 5.69 Å². The maximum Gasteiger partial charge on any atom is 0.209 e. The third-order valence-corrected chi connectivity index (χ3v) is 5.03. The average molecular weight is 420 g/mol. The Morgan fingerprint density at radius 1 is 1.00 bits per heavy atom. The summed E-state index contributed by atoms with van der Waals surface area (Å²) in [7, 11) is 1.60. The number of aryl methyl sites for hydroxylation is 1. The molecule has 0 atom stereocenters. The van der Waals surface area contributed by atoms with Crippen molar-refractivity contribution in [2.45, 2.75) is 26.2 Å². The van der Waals surface area contributed by atoms with Crippen LogP contribution in [0, 0.1) is 17.2 Å². The number of hydrogen-bond acceptors (Lipinski definition) is 5. The number of halogens is 1. The van der Waals surface area contributed by atoms with Crippen molar-refractivity contribution < 1.29 is 33.5 Å². The Hall–Kier alpha value is -2.22. The highest BCUT2D eigenvalue weighted by Gasteiger charge is 2.42. The molecule has 156 valence electrons. The standard InChI is InChI=1S/C22H27N2.ClHO4/c1-16-7-13-20-19(15-16)22(2,3)21(24(20)6)14-10-17-8-11-18(12-9-17)23(4)5;2-1(3,4)5/h7-15H,1-6H3;(H,2,3,4,5)/q+1;. The molecule has 0 aliphatic carbocycles. The van der Waals surface area contributed by atoms with Crippen molar-refractivity contribution in [3.63, 3.8) is 0 Å². The molecule has 2 aromatic carbocycles. The molecule has 7 heteroatoms. The summed E-state index contributed by atoms with van der Waals surface area (Å²) in [6.45, 7) is 6.78. The Kier molecular flexibility index (Phi) is 6.88. The first-order valence-electron chi connectivity index (χ1n) is 9.11. The van der Waals surface area contributed by atoms with Gasteiger partial charge in [-0.25, -0.2) is 0 Å². The molecular weight excluding hydrogens is 392 g/mol. The molecule has 0 aromatic heterocycles. The summed E-state index contributed by atoms with van der Waals surface area (Å²) >= 11 is 0. The Morgan fingerprint density at radius 3 is 2.07 bits per heavy atom. The zero-order valence-corrected chi connectivity index (χ0v) is 18.4. The molecule has 29 heavy (non-hydrogen) atoms. The van der Waals surface area contributed by atoms with Crippen molar-refractivity contribution in [1.29, 1.82) is 0 Å². The molecule has 0 saturated heterocycles. The SMILES string of the molecule is Cc1ccc2c(c1)C(C)(C)C(C=Cc1ccc(N(C)C)cc1)=[N+]2C.[O-][Cl+3]([O-])([O-])O. The van der Waals surface area contributed by atoms with Crippen LogP contribution in [0.15, 0.2) is 48.5 Å². The van der Waals surface area contributed by atoms with Crippen LogP contribution in [0.25, 0.3) is 6.08 Å². The van der Waals surface area contributed by atoms with Crippen molar-refractivity contribution in [1.82, 2.24) is 0 Å². The lowest BCUT2D eigenvalue weighted by Gasteiger charge is -2.16. The van der Waals surface area contributed by atoms with E-state index in [-0.39, 0.29) is 5.41 Å². The van der Waals surface area contributed by atoms with Crippen molar-refractivity contribution in [3.8, 4) is 0 Å². The monoisotopic (exact) mass is 419 g/mol. The van der Waals surface area contributed by atoms with Crippen LogP contribution < -0.4 is 18.9 Å². The van der Waals surface area contributed by atoms with Crippen LogP contribution in [0.4, 0.5) is 11.4 Å². The van der Waals surface area contributed by atoms with Crippen molar-refractivity contribution in [2.24, 2.45) is 0 Å². The van der Waals surface area contributed by atoms with Crippen LogP contribution in [0.1, 0.15) is 30.5 Å². The van der Waals surface area contributed by atoms with Gasteiger partial charge in [0.1, 0.15) is 7.05 Å². The molecule has 0 unspecified atom stereocenters. The molecule has 0 radical (unpaired) electrons. The smallest absolute Gasteiger partial charge is 0.209 e. The van der Waals surface area contributed by atoms with Gasteiger partial charge >= 0.3 is 0 Å². The van der Waals surface area contributed by atoms with E-state index in [0.717, 1.165) is 0 Å². The first-order chi connectivity index (χ1) is 13.3. The van der Waals surface area contributed by atoms with E-state index in [9.17, 15) is 0 Å². The van der Waals surface area contributed by atoms with Gasteiger partial charge in [-0.3, -0.25) is 0 Å². The second kappa shape index (κ2) is 8.65. The first-order valence-corrected chi connectivity index (χ1v) is 10.4. The predicted octanol–water partition coefficient (Wildman–Crippen LogP) is 0.656. The molecule has 1 aliphatic rings. The number of benzene rings is 2. The fourth-order valence-corrected chi connectivity index (χ4v) is 3.51. The zero-order chi connectivity index (χ0) is 22.0. The summed E-state index contributed by atoms with van der Waals surface area (Å²) in [5.74, 6) is 0. The molecule has 1 heterocycles. The highest BCUT2D eigenvalue weighted by atomic mass is 35.7. The van der Waals surface area contributed by atoms with E-state index in [4.69, 9.17) is 18.6 Å². The summed E-state index contributed by atoms with van der Waals surface area (Å²) in [5.41, 5.74) is 7.85. The summed E-state index contributed by atoms with van der Waals surface area (Å²) in [4.78, 5) is 2.12. The van der Waals surface area contributed by atoms with Crippen LogP contribution in [0.3, 0.4) is 0 Å². The van der Waals surface area contributed by atoms with Gasteiger partial charge in [-0.05, 0) is 50.6 Å². The Labute approximate surface area is 174 Å². The number of hydrogen-bond donors (Lipinski definition) is 1. The van der Waals surface area contributed by atoms with Gasteiger partial charge < -0.3 is 4.90 Å². The highest BCUT2D eigenvalue weighted by molar-refractivity contribution is 6.05. The maximum absolute atomic E-state index is 8.60.